The predicted molar refractivity (Wildman–Crippen MR) is 30.8 cm³/mol. The lowest BCUT2D eigenvalue weighted by atomic mass is 10.6. The van der Waals surface area contributed by atoms with Crippen molar-refractivity contribution < 1.29 is 4.79 Å². The fourth-order valence-electron chi connectivity index (χ4n) is 0.481. The van der Waals surface area contributed by atoms with Crippen molar-refractivity contribution in [2.24, 2.45) is 4.99 Å². The second kappa shape index (κ2) is 3.47. The minimum Gasteiger partial charge on any atom is -0.231 e. The summed E-state index contributed by atoms with van der Waals surface area (Å²) in [5, 5.41) is 10.3. The molecule has 0 spiro atoms. The molecule has 0 atom stereocenters. The van der Waals surface area contributed by atoms with Crippen LogP contribution in [-0.4, -0.2) is 32.8 Å². The van der Waals surface area contributed by atoms with Crippen LogP contribution in [0.1, 0.15) is 0 Å². The second-order valence-corrected chi connectivity index (χ2v) is 1.55. The van der Waals surface area contributed by atoms with Crippen LogP contribution in [0.2, 0.25) is 0 Å². The summed E-state index contributed by atoms with van der Waals surface area (Å²) in [6.45, 7) is 0.886. The van der Waals surface area contributed by atoms with Crippen molar-refractivity contribution in [1.29, 1.82) is 0 Å². The van der Waals surface area contributed by atoms with Gasteiger partial charge in [-0.15, -0.1) is 5.10 Å². The summed E-state index contributed by atoms with van der Waals surface area (Å²) < 4.78 is 1.49. The Kier molecular flexibility index (Phi) is 2.28. The van der Waals surface area contributed by atoms with Crippen LogP contribution in [-0.2, 0) is 11.3 Å². The maximum absolute atomic E-state index is 9.58. The molecule has 0 amide bonds. The maximum Gasteiger partial charge on any atom is 0.235 e. The number of hydrogen-bond acceptors (Lipinski definition) is 5. The summed E-state index contributed by atoms with van der Waals surface area (Å²) >= 11 is 0. The molecule has 6 heteroatoms. The number of hydrogen-bond donors (Lipinski definition) is 0. The lowest BCUT2D eigenvalue weighted by molar-refractivity contribution is 0.556. The summed E-state index contributed by atoms with van der Waals surface area (Å²) in [6, 6.07) is 0. The molecule has 0 saturated heterocycles. The van der Waals surface area contributed by atoms with Crippen molar-refractivity contribution in [2.45, 2.75) is 6.54 Å². The Balaban J connectivity index is 2.34. The van der Waals surface area contributed by atoms with Gasteiger partial charge in [0.1, 0.15) is 6.33 Å². The zero-order valence-electron chi connectivity index (χ0n) is 5.14. The molecule has 0 aliphatic rings. The first kappa shape index (κ1) is 6.57. The molecule has 0 N–H and O–H groups in total. The number of isocyanates is 1. The van der Waals surface area contributed by atoms with Crippen LogP contribution in [0.3, 0.4) is 0 Å². The van der Waals surface area contributed by atoms with Gasteiger partial charge in [0.2, 0.25) is 6.08 Å². The first-order valence-electron chi connectivity index (χ1n) is 2.68. The van der Waals surface area contributed by atoms with E-state index in [0.717, 1.165) is 0 Å². The van der Waals surface area contributed by atoms with Gasteiger partial charge in [0.15, 0.2) is 0 Å². The Morgan fingerprint density at radius 2 is 2.60 bits per heavy atom. The van der Waals surface area contributed by atoms with Gasteiger partial charge in [-0.1, -0.05) is 0 Å². The summed E-state index contributed by atoms with van der Waals surface area (Å²) in [5.41, 5.74) is 0. The molecule has 0 radical (unpaired) electrons. The third kappa shape index (κ3) is 1.75. The molecule has 52 valence electrons. The van der Waals surface area contributed by atoms with Crippen LogP contribution < -0.4 is 0 Å². The van der Waals surface area contributed by atoms with Gasteiger partial charge >= 0.3 is 0 Å². The highest BCUT2D eigenvalue weighted by Gasteiger charge is 1.88. The highest BCUT2D eigenvalue weighted by Crippen LogP contribution is 1.76. The first-order valence-corrected chi connectivity index (χ1v) is 2.68. The van der Waals surface area contributed by atoms with E-state index < -0.39 is 0 Å². The molecule has 6 nitrogen and oxygen atoms in total. The van der Waals surface area contributed by atoms with Gasteiger partial charge in [-0.2, -0.15) is 0 Å². The summed E-state index contributed by atoms with van der Waals surface area (Å²) in [6.07, 6.45) is 2.88. The monoisotopic (exact) mass is 139 g/mol. The van der Waals surface area contributed by atoms with Gasteiger partial charge in [0.05, 0.1) is 13.1 Å². The molecular weight excluding hydrogens is 134 g/mol. The lowest BCUT2D eigenvalue weighted by Crippen LogP contribution is -2.01. The molecule has 0 bridgehead atoms. The van der Waals surface area contributed by atoms with Crippen molar-refractivity contribution in [3.8, 4) is 0 Å². The standard InChI is InChI=1S/C4H5N5O/c10-4-5-1-2-9-3-6-7-8-9/h3H,1-2H2. The molecule has 0 fully saturated rings. The zero-order valence-corrected chi connectivity index (χ0v) is 5.14. The van der Waals surface area contributed by atoms with Crippen LogP contribution >= 0.6 is 0 Å². The van der Waals surface area contributed by atoms with Gasteiger partial charge in [-0.3, -0.25) is 0 Å². The first-order chi connectivity index (χ1) is 4.93. The Bertz CT molecular complexity index is 224. The Hall–Kier alpha value is -1.55. The summed E-state index contributed by atoms with van der Waals surface area (Å²) in [5.74, 6) is 0. The molecule has 1 heterocycles. The number of aliphatic imine (C=N–C) groups is 1. The highest BCUT2D eigenvalue weighted by atomic mass is 16.1. The number of tetrazole rings is 1. The van der Waals surface area contributed by atoms with Gasteiger partial charge < -0.3 is 0 Å². The molecular formula is C4H5N5O. The van der Waals surface area contributed by atoms with Gasteiger partial charge in [-0.05, 0) is 10.4 Å². The minimum absolute atomic E-state index is 0.370. The van der Waals surface area contributed by atoms with Gasteiger partial charge in [0, 0.05) is 0 Å². The normalized spacial score (nSPS) is 8.80. The Labute approximate surface area is 56.6 Å². The Morgan fingerprint density at radius 3 is 3.20 bits per heavy atom. The molecule has 0 aromatic carbocycles. The molecule has 1 aromatic heterocycles. The van der Waals surface area contributed by atoms with Gasteiger partial charge in [0.25, 0.3) is 0 Å². The van der Waals surface area contributed by atoms with Crippen LogP contribution in [0.4, 0.5) is 0 Å². The van der Waals surface area contributed by atoms with E-state index >= 15 is 0 Å². The average molecular weight is 139 g/mol. The molecule has 1 aromatic rings. The molecule has 0 aliphatic carbocycles. The van der Waals surface area contributed by atoms with Crippen LogP contribution in [0.15, 0.2) is 11.3 Å². The quantitative estimate of drug-likeness (QED) is 0.398. The number of nitrogens with zero attached hydrogens (tertiary/aromatic N) is 5. The van der Waals surface area contributed by atoms with E-state index in [1.165, 1.54) is 17.1 Å². The zero-order chi connectivity index (χ0) is 7.23. The van der Waals surface area contributed by atoms with Crippen molar-refractivity contribution in [3.05, 3.63) is 6.33 Å². The van der Waals surface area contributed by atoms with E-state index in [9.17, 15) is 4.79 Å². The highest BCUT2D eigenvalue weighted by molar-refractivity contribution is 5.32. The predicted octanol–water partition coefficient (Wildman–Crippen LogP) is -0.991. The number of carbonyl (C=O) groups excluding carboxylic acids is 1. The van der Waals surface area contributed by atoms with Crippen molar-refractivity contribution in [3.63, 3.8) is 0 Å². The largest absolute Gasteiger partial charge is 0.235 e. The molecule has 1 rings (SSSR count). The van der Waals surface area contributed by atoms with Crippen molar-refractivity contribution >= 4 is 6.08 Å². The second-order valence-electron chi connectivity index (χ2n) is 1.55. The van der Waals surface area contributed by atoms with E-state index in [0.29, 0.717) is 13.1 Å². The van der Waals surface area contributed by atoms with E-state index in [1.54, 1.807) is 0 Å². The number of aromatic nitrogens is 4. The van der Waals surface area contributed by atoms with Crippen molar-refractivity contribution in [1.82, 2.24) is 20.2 Å². The average Bonchev–Trinajstić information content (AvgIpc) is 2.41. The summed E-state index contributed by atoms with van der Waals surface area (Å²) in [7, 11) is 0. The molecule has 10 heavy (non-hydrogen) atoms. The van der Waals surface area contributed by atoms with Crippen LogP contribution in [0.25, 0.3) is 0 Å². The molecule has 0 saturated carbocycles. The van der Waals surface area contributed by atoms with Crippen molar-refractivity contribution in [2.75, 3.05) is 6.54 Å². The third-order valence-corrected chi connectivity index (χ3v) is 0.897. The van der Waals surface area contributed by atoms with E-state index in [4.69, 9.17) is 0 Å². The fraction of sp³-hybridized carbons (Fsp3) is 0.500. The molecule has 0 aliphatic heterocycles. The van der Waals surface area contributed by atoms with Crippen LogP contribution in [0, 0.1) is 0 Å². The summed E-state index contributed by atoms with van der Waals surface area (Å²) in [4.78, 5) is 12.9. The van der Waals surface area contributed by atoms with E-state index in [2.05, 4.69) is 20.5 Å². The SMILES string of the molecule is O=C=NCCn1cnnn1. The lowest BCUT2D eigenvalue weighted by Gasteiger charge is -1.89. The van der Waals surface area contributed by atoms with Gasteiger partial charge in [-0.25, -0.2) is 14.5 Å². The van der Waals surface area contributed by atoms with Crippen LogP contribution in [0.5, 0.6) is 0 Å². The smallest absolute Gasteiger partial charge is 0.231 e. The third-order valence-electron chi connectivity index (χ3n) is 0.897. The number of rotatable bonds is 3. The van der Waals surface area contributed by atoms with E-state index in [-0.39, 0.29) is 0 Å². The minimum atomic E-state index is 0.370. The molecule has 0 unspecified atom stereocenters. The fourth-order valence-corrected chi connectivity index (χ4v) is 0.481. The Morgan fingerprint density at radius 1 is 1.70 bits per heavy atom. The van der Waals surface area contributed by atoms with E-state index in [1.807, 2.05) is 0 Å². The maximum atomic E-state index is 9.58. The topological polar surface area (TPSA) is 73.0 Å².